The van der Waals surface area contributed by atoms with Crippen LogP contribution in [-0.2, 0) is 0 Å². The van der Waals surface area contributed by atoms with Gasteiger partial charge in [-0.25, -0.2) is 4.98 Å². The lowest BCUT2D eigenvalue weighted by Crippen LogP contribution is -2.00. The monoisotopic (exact) mass is 255 g/mol. The normalized spacial score (nSPS) is 10.7. The van der Waals surface area contributed by atoms with Gasteiger partial charge in [-0.05, 0) is 30.3 Å². The summed E-state index contributed by atoms with van der Waals surface area (Å²) in [6, 6.07) is 9.04. The highest BCUT2D eigenvalue weighted by molar-refractivity contribution is 5.82. The van der Waals surface area contributed by atoms with Crippen LogP contribution in [0.5, 0.6) is 11.6 Å². The number of nitrogens with zero attached hydrogens (tertiary/aromatic N) is 1. The van der Waals surface area contributed by atoms with E-state index in [0.717, 1.165) is 0 Å². The molecule has 5 heteroatoms. The van der Waals surface area contributed by atoms with Gasteiger partial charge in [0.25, 0.3) is 5.88 Å². The predicted octanol–water partition coefficient (Wildman–Crippen LogP) is 2.27. The van der Waals surface area contributed by atoms with Crippen molar-refractivity contribution in [3.05, 3.63) is 52.8 Å². The Hall–Kier alpha value is -2.82. The molecule has 2 aromatic heterocycles. The van der Waals surface area contributed by atoms with E-state index in [1.54, 1.807) is 12.1 Å². The molecule has 94 valence electrons. The minimum absolute atomic E-state index is 0.0538. The van der Waals surface area contributed by atoms with Gasteiger partial charge in [0.05, 0.1) is 5.39 Å². The average Bonchev–Trinajstić information content (AvgIpc) is 2.41. The lowest BCUT2D eigenvalue weighted by atomic mass is 10.1. The van der Waals surface area contributed by atoms with Crippen LogP contribution in [0.4, 0.5) is 0 Å². The van der Waals surface area contributed by atoms with Gasteiger partial charge >= 0.3 is 0 Å². The number of rotatable bonds is 1. The van der Waals surface area contributed by atoms with Gasteiger partial charge in [0.2, 0.25) is 0 Å². The minimum atomic E-state index is -0.324. The summed E-state index contributed by atoms with van der Waals surface area (Å²) in [7, 11) is 0. The van der Waals surface area contributed by atoms with Crippen molar-refractivity contribution in [2.45, 2.75) is 0 Å². The molecule has 1 aromatic carbocycles. The number of phenolic OH excluding ortho intramolecular Hbond substituents is 1. The fourth-order valence-corrected chi connectivity index (χ4v) is 1.84. The molecule has 0 aliphatic heterocycles. The maximum atomic E-state index is 11.9. The van der Waals surface area contributed by atoms with Crippen LogP contribution in [0.15, 0.2) is 51.8 Å². The number of aromatic hydroxyl groups is 2. The number of aromatic nitrogens is 1. The van der Waals surface area contributed by atoms with E-state index in [2.05, 4.69) is 4.98 Å². The molecule has 0 saturated carbocycles. The van der Waals surface area contributed by atoms with Crippen LogP contribution in [-0.4, -0.2) is 15.2 Å². The van der Waals surface area contributed by atoms with E-state index in [0.29, 0.717) is 11.3 Å². The Labute approximate surface area is 107 Å². The number of pyridine rings is 1. The molecule has 2 heterocycles. The number of fused-ring (bicyclic) bond motifs is 1. The molecule has 0 spiro atoms. The number of hydrogen-bond donors (Lipinski definition) is 2. The van der Waals surface area contributed by atoms with E-state index in [-0.39, 0.29) is 28.0 Å². The lowest BCUT2D eigenvalue weighted by molar-refractivity contribution is 0.444. The van der Waals surface area contributed by atoms with Gasteiger partial charge in [-0.1, -0.05) is 0 Å². The zero-order chi connectivity index (χ0) is 13.4. The number of phenols is 1. The molecule has 0 saturated heterocycles. The Morgan fingerprint density at radius 1 is 1.05 bits per heavy atom. The molecule has 0 unspecified atom stereocenters. The summed E-state index contributed by atoms with van der Waals surface area (Å²) in [6.45, 7) is 0. The van der Waals surface area contributed by atoms with Crippen molar-refractivity contribution in [1.29, 1.82) is 0 Å². The number of hydrogen-bond acceptors (Lipinski definition) is 5. The molecule has 2 N–H and O–H groups in total. The number of benzene rings is 1. The Bertz CT molecular complexity index is 806. The fraction of sp³-hybridized carbons (Fsp3) is 0. The topological polar surface area (TPSA) is 83.6 Å². The fourth-order valence-electron chi connectivity index (χ4n) is 1.84. The Morgan fingerprint density at radius 2 is 1.79 bits per heavy atom. The third-order valence-corrected chi connectivity index (χ3v) is 2.78. The van der Waals surface area contributed by atoms with Crippen LogP contribution in [0.1, 0.15) is 0 Å². The smallest absolute Gasteiger partial charge is 0.255 e. The maximum Gasteiger partial charge on any atom is 0.255 e. The van der Waals surface area contributed by atoms with Crippen molar-refractivity contribution in [3.8, 4) is 23.0 Å². The largest absolute Gasteiger partial charge is 0.508 e. The molecule has 5 nitrogen and oxygen atoms in total. The summed E-state index contributed by atoms with van der Waals surface area (Å²) in [4.78, 5) is 15.6. The zero-order valence-corrected chi connectivity index (χ0v) is 9.70. The molecule has 19 heavy (non-hydrogen) atoms. The van der Waals surface area contributed by atoms with E-state index >= 15 is 0 Å². The van der Waals surface area contributed by atoms with E-state index in [4.69, 9.17) is 4.42 Å². The summed E-state index contributed by atoms with van der Waals surface area (Å²) in [6.07, 6.45) is 1.34. The second-order valence-corrected chi connectivity index (χ2v) is 4.03. The zero-order valence-electron chi connectivity index (χ0n) is 9.70. The predicted molar refractivity (Wildman–Crippen MR) is 69.0 cm³/mol. The van der Waals surface area contributed by atoms with Crippen LogP contribution >= 0.6 is 0 Å². The molecule has 3 rings (SSSR count). The van der Waals surface area contributed by atoms with Gasteiger partial charge in [0.15, 0.2) is 11.0 Å². The standard InChI is InChI=1S/C14H9NO4/c16-9-3-1-8(2-4-9)12-7-11(17)10-5-6-15-14(18)13(10)19-12/h1-7,16H,(H,15,18). The van der Waals surface area contributed by atoms with Crippen LogP contribution < -0.4 is 5.43 Å². The van der Waals surface area contributed by atoms with E-state index in [1.807, 2.05) is 0 Å². The third-order valence-electron chi connectivity index (χ3n) is 2.78. The highest BCUT2D eigenvalue weighted by atomic mass is 16.4. The highest BCUT2D eigenvalue weighted by Crippen LogP contribution is 2.26. The second kappa shape index (κ2) is 4.13. The Balaban J connectivity index is 2.29. The van der Waals surface area contributed by atoms with Crippen LogP contribution in [0.25, 0.3) is 22.3 Å². The molecular formula is C14H9NO4. The second-order valence-electron chi connectivity index (χ2n) is 4.03. The molecule has 0 aliphatic rings. The van der Waals surface area contributed by atoms with Gasteiger partial charge in [-0.15, -0.1) is 0 Å². The molecule has 0 bridgehead atoms. The molecule has 0 fully saturated rings. The van der Waals surface area contributed by atoms with E-state index in [9.17, 15) is 15.0 Å². The van der Waals surface area contributed by atoms with Crippen LogP contribution in [0, 0.1) is 0 Å². The van der Waals surface area contributed by atoms with Crippen molar-refractivity contribution in [3.63, 3.8) is 0 Å². The molecular weight excluding hydrogens is 246 g/mol. The van der Waals surface area contributed by atoms with Crippen molar-refractivity contribution < 1.29 is 14.6 Å². The molecule has 0 aliphatic carbocycles. The quantitative estimate of drug-likeness (QED) is 0.696. The van der Waals surface area contributed by atoms with Crippen LogP contribution in [0.2, 0.25) is 0 Å². The van der Waals surface area contributed by atoms with Gasteiger partial charge in [-0.3, -0.25) is 4.79 Å². The third kappa shape index (κ3) is 1.91. The summed E-state index contributed by atoms with van der Waals surface area (Å²) in [5.74, 6) is 0.104. The van der Waals surface area contributed by atoms with E-state index in [1.165, 1.54) is 30.5 Å². The summed E-state index contributed by atoms with van der Waals surface area (Å²) in [5.41, 5.74) is 0.417. The summed E-state index contributed by atoms with van der Waals surface area (Å²) in [5, 5.41) is 19.1. The SMILES string of the molecule is O=c1cc(-c2ccc(O)cc2)oc2c(O)nccc12. The Kier molecular flexibility index (Phi) is 2.45. The first-order chi connectivity index (χ1) is 9.15. The Morgan fingerprint density at radius 3 is 2.53 bits per heavy atom. The van der Waals surface area contributed by atoms with Gasteiger partial charge in [-0.2, -0.15) is 0 Å². The highest BCUT2D eigenvalue weighted by Gasteiger charge is 2.10. The van der Waals surface area contributed by atoms with Crippen LogP contribution in [0.3, 0.4) is 0 Å². The van der Waals surface area contributed by atoms with E-state index < -0.39 is 0 Å². The summed E-state index contributed by atoms with van der Waals surface area (Å²) >= 11 is 0. The van der Waals surface area contributed by atoms with Gasteiger partial charge in [0, 0.05) is 17.8 Å². The van der Waals surface area contributed by atoms with Gasteiger partial charge < -0.3 is 14.6 Å². The maximum absolute atomic E-state index is 11.9. The average molecular weight is 255 g/mol. The first kappa shape index (κ1) is 11.3. The van der Waals surface area contributed by atoms with Crippen molar-refractivity contribution in [2.75, 3.05) is 0 Å². The van der Waals surface area contributed by atoms with Gasteiger partial charge in [0.1, 0.15) is 11.5 Å². The molecule has 0 radical (unpaired) electrons. The molecule has 0 atom stereocenters. The molecule has 3 aromatic rings. The van der Waals surface area contributed by atoms with Crippen molar-refractivity contribution >= 4 is 11.0 Å². The molecule has 0 amide bonds. The lowest BCUT2D eigenvalue weighted by Gasteiger charge is -2.03. The van der Waals surface area contributed by atoms with Crippen molar-refractivity contribution in [1.82, 2.24) is 4.98 Å². The first-order valence-corrected chi connectivity index (χ1v) is 5.56. The minimum Gasteiger partial charge on any atom is -0.508 e. The van der Waals surface area contributed by atoms with Crippen molar-refractivity contribution in [2.24, 2.45) is 0 Å². The summed E-state index contributed by atoms with van der Waals surface area (Å²) < 4.78 is 5.51. The first-order valence-electron chi connectivity index (χ1n) is 5.56.